The maximum Gasteiger partial charge on any atom is 0.338 e. The molecule has 0 aromatic heterocycles. The van der Waals surface area contributed by atoms with Crippen molar-refractivity contribution in [3.05, 3.63) is 65.2 Å². The first kappa shape index (κ1) is 20.7. The molecule has 5 amide bonds. The number of esters is 1. The number of urea groups is 1. The lowest BCUT2D eigenvalue weighted by molar-refractivity contribution is -0.130. The van der Waals surface area contributed by atoms with Crippen LogP contribution in [-0.4, -0.2) is 35.8 Å². The van der Waals surface area contributed by atoms with Gasteiger partial charge < -0.3 is 10.5 Å². The highest BCUT2D eigenvalue weighted by atomic mass is 16.5. The molecule has 0 aliphatic carbocycles. The molecule has 1 aliphatic rings. The molecular weight excluding hydrogens is 390 g/mol. The fourth-order valence-electron chi connectivity index (χ4n) is 3.04. The molecular formula is C21H19N3O6. The maximum absolute atomic E-state index is 12.5. The molecule has 0 saturated heterocycles. The highest BCUT2D eigenvalue weighted by Crippen LogP contribution is 2.28. The second-order valence-electron chi connectivity index (χ2n) is 6.96. The van der Waals surface area contributed by atoms with Gasteiger partial charge in [-0.25, -0.2) is 14.5 Å². The smallest absolute Gasteiger partial charge is 0.338 e. The number of amides is 5. The van der Waals surface area contributed by atoms with Crippen LogP contribution in [0.2, 0.25) is 0 Å². The molecule has 3 N–H and O–H groups in total. The fraction of sp³-hybridized carbons (Fsp3) is 0.190. The Morgan fingerprint density at radius 2 is 1.47 bits per heavy atom. The minimum Gasteiger partial charge on any atom is -0.448 e. The van der Waals surface area contributed by atoms with Gasteiger partial charge in [-0.2, -0.15) is 0 Å². The number of ether oxygens (including phenoxy) is 1. The van der Waals surface area contributed by atoms with Gasteiger partial charge >= 0.3 is 12.0 Å². The third-order valence-electron chi connectivity index (χ3n) is 4.50. The number of imide groups is 2. The van der Waals surface area contributed by atoms with E-state index in [1.807, 2.05) is 5.32 Å². The summed E-state index contributed by atoms with van der Waals surface area (Å²) < 4.78 is 5.21. The summed E-state index contributed by atoms with van der Waals surface area (Å²) >= 11 is 0. The van der Waals surface area contributed by atoms with Gasteiger partial charge in [-0.3, -0.25) is 19.7 Å². The highest BCUT2D eigenvalue weighted by molar-refractivity contribution is 6.34. The van der Waals surface area contributed by atoms with Gasteiger partial charge in [-0.15, -0.1) is 0 Å². The Labute approximate surface area is 171 Å². The molecule has 1 atom stereocenters. The number of benzene rings is 2. The van der Waals surface area contributed by atoms with Crippen molar-refractivity contribution >= 4 is 35.4 Å². The van der Waals surface area contributed by atoms with Crippen molar-refractivity contribution in [1.82, 2.24) is 5.32 Å². The zero-order valence-electron chi connectivity index (χ0n) is 16.2. The van der Waals surface area contributed by atoms with Crippen LogP contribution in [0.1, 0.15) is 44.9 Å². The second kappa shape index (κ2) is 8.16. The van der Waals surface area contributed by atoms with Crippen molar-refractivity contribution in [3.63, 3.8) is 0 Å². The molecule has 9 heteroatoms. The van der Waals surface area contributed by atoms with Gasteiger partial charge in [0.05, 0.1) is 22.4 Å². The van der Waals surface area contributed by atoms with Crippen molar-refractivity contribution in [2.45, 2.75) is 20.0 Å². The number of carbonyl (C=O) groups is 5. The first-order chi connectivity index (χ1) is 14.2. The zero-order chi connectivity index (χ0) is 22.0. The number of nitrogens with two attached hydrogens (primary N) is 1. The predicted molar refractivity (Wildman–Crippen MR) is 106 cm³/mol. The van der Waals surface area contributed by atoms with Crippen LogP contribution in [0.3, 0.4) is 0 Å². The molecule has 2 aromatic carbocycles. The van der Waals surface area contributed by atoms with Crippen molar-refractivity contribution in [2.24, 2.45) is 11.7 Å². The van der Waals surface area contributed by atoms with E-state index in [1.54, 1.807) is 38.1 Å². The number of nitrogens with one attached hydrogen (secondary N) is 1. The Balaban J connectivity index is 1.76. The summed E-state index contributed by atoms with van der Waals surface area (Å²) in [6.07, 6.45) is -1.22. The van der Waals surface area contributed by atoms with E-state index >= 15 is 0 Å². The molecule has 1 aliphatic heterocycles. The van der Waals surface area contributed by atoms with E-state index in [2.05, 4.69) is 0 Å². The summed E-state index contributed by atoms with van der Waals surface area (Å²) in [7, 11) is 0. The summed E-state index contributed by atoms with van der Waals surface area (Å²) in [6.45, 7) is 3.29. The molecule has 1 heterocycles. The lowest BCUT2D eigenvalue weighted by Crippen LogP contribution is -2.45. The van der Waals surface area contributed by atoms with E-state index in [9.17, 15) is 24.0 Å². The van der Waals surface area contributed by atoms with Crippen molar-refractivity contribution in [1.29, 1.82) is 0 Å². The number of hydrogen-bond acceptors (Lipinski definition) is 6. The third kappa shape index (κ3) is 3.90. The van der Waals surface area contributed by atoms with Crippen LogP contribution in [0.4, 0.5) is 10.5 Å². The third-order valence-corrected chi connectivity index (χ3v) is 4.50. The van der Waals surface area contributed by atoms with Crippen molar-refractivity contribution < 1.29 is 28.7 Å². The van der Waals surface area contributed by atoms with Gasteiger partial charge in [0.2, 0.25) is 0 Å². The van der Waals surface area contributed by atoms with Gasteiger partial charge in [0.15, 0.2) is 6.10 Å². The van der Waals surface area contributed by atoms with Gasteiger partial charge in [-0.05, 0) is 42.3 Å². The summed E-state index contributed by atoms with van der Waals surface area (Å²) in [6, 6.07) is 11.1. The highest BCUT2D eigenvalue weighted by Gasteiger charge is 2.36. The Morgan fingerprint density at radius 1 is 0.933 bits per heavy atom. The minimum atomic E-state index is -1.22. The first-order valence-corrected chi connectivity index (χ1v) is 9.10. The van der Waals surface area contributed by atoms with Crippen LogP contribution in [0.5, 0.6) is 0 Å². The van der Waals surface area contributed by atoms with Crippen LogP contribution in [0.25, 0.3) is 0 Å². The number of carbonyl (C=O) groups excluding carboxylic acids is 5. The summed E-state index contributed by atoms with van der Waals surface area (Å²) in [5.41, 5.74) is 5.96. The molecule has 0 spiro atoms. The predicted octanol–water partition coefficient (Wildman–Crippen LogP) is 1.86. The summed E-state index contributed by atoms with van der Waals surface area (Å²) in [4.78, 5) is 61.4. The lowest BCUT2D eigenvalue weighted by Gasteiger charge is -2.20. The Hall–Kier alpha value is -4.01. The van der Waals surface area contributed by atoms with E-state index < -0.39 is 41.7 Å². The van der Waals surface area contributed by atoms with Crippen LogP contribution < -0.4 is 16.0 Å². The Kier molecular flexibility index (Phi) is 5.63. The number of hydrogen-bond donors (Lipinski definition) is 2. The quantitative estimate of drug-likeness (QED) is 0.571. The largest absolute Gasteiger partial charge is 0.448 e. The standard InChI is InChI=1S/C21H19N3O6/c1-11(2)16(17(25)23-21(22)29)30-20(28)12-7-9-13(10-8-12)24-18(26)14-5-3-4-6-15(14)19(24)27/h3-11,16H,1-2H3,(H3,22,23,25,29). The van der Waals surface area contributed by atoms with E-state index in [0.29, 0.717) is 16.8 Å². The summed E-state index contributed by atoms with van der Waals surface area (Å²) in [5, 5.41) is 1.89. The van der Waals surface area contributed by atoms with E-state index in [-0.39, 0.29) is 5.56 Å². The number of nitrogens with zero attached hydrogens (tertiary/aromatic N) is 1. The normalized spacial score (nSPS) is 13.8. The molecule has 9 nitrogen and oxygen atoms in total. The summed E-state index contributed by atoms with van der Waals surface area (Å²) in [5.74, 6) is -2.94. The van der Waals surface area contributed by atoms with Crippen molar-refractivity contribution in [3.8, 4) is 0 Å². The van der Waals surface area contributed by atoms with Crippen molar-refractivity contribution in [2.75, 3.05) is 4.90 Å². The second-order valence-corrected chi connectivity index (χ2v) is 6.96. The molecule has 2 aromatic rings. The molecule has 0 fully saturated rings. The first-order valence-electron chi connectivity index (χ1n) is 9.10. The average molecular weight is 409 g/mol. The molecule has 30 heavy (non-hydrogen) atoms. The number of rotatable bonds is 5. The van der Waals surface area contributed by atoms with Gasteiger partial charge in [0.25, 0.3) is 17.7 Å². The van der Waals surface area contributed by atoms with Crippen LogP contribution >= 0.6 is 0 Å². The molecule has 0 saturated carbocycles. The lowest BCUT2D eigenvalue weighted by atomic mass is 10.1. The van der Waals surface area contributed by atoms with Crippen LogP contribution in [-0.2, 0) is 9.53 Å². The molecule has 0 radical (unpaired) electrons. The zero-order valence-corrected chi connectivity index (χ0v) is 16.2. The number of primary amides is 1. The minimum absolute atomic E-state index is 0.105. The van der Waals surface area contributed by atoms with Gasteiger partial charge in [0, 0.05) is 0 Å². The topological polar surface area (TPSA) is 136 Å². The van der Waals surface area contributed by atoms with Gasteiger partial charge in [-0.1, -0.05) is 26.0 Å². The van der Waals surface area contributed by atoms with E-state index in [1.165, 1.54) is 24.3 Å². The maximum atomic E-state index is 12.5. The number of fused-ring (bicyclic) bond motifs is 1. The number of anilines is 1. The Bertz CT molecular complexity index is 1010. The monoisotopic (exact) mass is 409 g/mol. The van der Waals surface area contributed by atoms with Crippen LogP contribution in [0.15, 0.2) is 48.5 Å². The van der Waals surface area contributed by atoms with E-state index in [0.717, 1.165) is 4.90 Å². The SMILES string of the molecule is CC(C)C(OC(=O)c1ccc(N2C(=O)c3ccccc3C2=O)cc1)C(=O)NC(N)=O. The van der Waals surface area contributed by atoms with Crippen LogP contribution in [0, 0.1) is 5.92 Å². The fourth-order valence-corrected chi connectivity index (χ4v) is 3.04. The average Bonchev–Trinajstić information content (AvgIpc) is 2.96. The molecule has 1 unspecified atom stereocenters. The van der Waals surface area contributed by atoms with E-state index in [4.69, 9.17) is 10.5 Å². The van der Waals surface area contributed by atoms with Gasteiger partial charge in [0.1, 0.15) is 0 Å². The Morgan fingerprint density at radius 3 is 1.93 bits per heavy atom. The molecule has 0 bridgehead atoms. The molecule has 3 rings (SSSR count). The molecule has 154 valence electrons.